The molecule has 0 radical (unpaired) electrons. The molecular weight excluding hydrogens is 234 g/mol. The van der Waals surface area contributed by atoms with Crippen molar-refractivity contribution in [3.63, 3.8) is 0 Å². The Kier molecular flexibility index (Phi) is 4.54. The lowest BCUT2D eigenvalue weighted by Gasteiger charge is -2.26. The molecule has 0 saturated heterocycles. The zero-order valence-corrected chi connectivity index (χ0v) is 12.0. The number of nitrogens with one attached hydrogen (secondary N) is 1. The molecule has 106 valence electrons. The minimum atomic E-state index is 0.762. The van der Waals surface area contributed by atoms with Gasteiger partial charge in [0.2, 0.25) is 0 Å². The normalized spacial score (nSPS) is 22.1. The molecule has 3 rings (SSSR count). The van der Waals surface area contributed by atoms with Gasteiger partial charge in [0, 0.05) is 36.9 Å². The highest BCUT2D eigenvalue weighted by Crippen LogP contribution is 2.35. The van der Waals surface area contributed by atoms with Crippen molar-refractivity contribution in [2.24, 2.45) is 0 Å². The summed E-state index contributed by atoms with van der Waals surface area (Å²) in [4.78, 5) is 4.34. The van der Waals surface area contributed by atoms with Crippen molar-refractivity contribution in [2.75, 3.05) is 6.54 Å². The van der Waals surface area contributed by atoms with Gasteiger partial charge in [-0.15, -0.1) is 0 Å². The Balaban J connectivity index is 1.45. The van der Waals surface area contributed by atoms with Crippen LogP contribution in [-0.2, 0) is 6.54 Å². The van der Waals surface area contributed by atoms with Crippen LogP contribution in [0.3, 0.4) is 0 Å². The van der Waals surface area contributed by atoms with Gasteiger partial charge < -0.3 is 9.88 Å². The van der Waals surface area contributed by atoms with Crippen LogP contribution in [0.4, 0.5) is 0 Å². The van der Waals surface area contributed by atoms with E-state index in [0.717, 1.165) is 25.0 Å². The molecule has 0 aromatic carbocycles. The fraction of sp³-hybridized carbons (Fsp3) is 0.812. The molecule has 19 heavy (non-hydrogen) atoms. The third-order valence-electron chi connectivity index (χ3n) is 4.91. The van der Waals surface area contributed by atoms with Crippen LogP contribution in [0.25, 0.3) is 0 Å². The third-order valence-corrected chi connectivity index (χ3v) is 4.91. The predicted molar refractivity (Wildman–Crippen MR) is 78.3 cm³/mol. The Labute approximate surface area is 116 Å². The summed E-state index contributed by atoms with van der Waals surface area (Å²) < 4.78 is 2.37. The van der Waals surface area contributed by atoms with Gasteiger partial charge >= 0.3 is 0 Å². The van der Waals surface area contributed by atoms with E-state index in [9.17, 15) is 0 Å². The lowest BCUT2D eigenvalue weighted by Crippen LogP contribution is -2.31. The maximum atomic E-state index is 4.34. The molecule has 3 heteroatoms. The molecule has 0 atom stereocenters. The molecule has 1 aromatic rings. The third kappa shape index (κ3) is 3.38. The number of nitrogens with zero attached hydrogens (tertiary/aromatic N) is 2. The molecule has 2 aliphatic carbocycles. The molecule has 2 aliphatic rings. The molecule has 0 bridgehead atoms. The van der Waals surface area contributed by atoms with Crippen molar-refractivity contribution in [3.8, 4) is 0 Å². The minimum Gasteiger partial charge on any atom is -0.333 e. The Hall–Kier alpha value is -0.830. The molecule has 0 spiro atoms. The monoisotopic (exact) mass is 261 g/mol. The van der Waals surface area contributed by atoms with Crippen LogP contribution in [-0.4, -0.2) is 22.1 Å². The summed E-state index contributed by atoms with van der Waals surface area (Å²) in [6, 6.07) is 0.762. The molecule has 3 nitrogen and oxygen atoms in total. The van der Waals surface area contributed by atoms with Gasteiger partial charge in [0.1, 0.15) is 0 Å². The van der Waals surface area contributed by atoms with Crippen LogP contribution < -0.4 is 5.32 Å². The highest BCUT2D eigenvalue weighted by molar-refractivity contribution is 5.09. The Bertz CT molecular complexity index is 373. The van der Waals surface area contributed by atoms with E-state index in [-0.39, 0.29) is 0 Å². The molecule has 0 unspecified atom stereocenters. The summed E-state index contributed by atoms with van der Waals surface area (Å²) in [5, 5.41) is 3.75. The van der Waals surface area contributed by atoms with Crippen LogP contribution in [0.2, 0.25) is 0 Å². The average Bonchev–Trinajstić information content (AvgIpc) is 2.63. The van der Waals surface area contributed by atoms with E-state index < -0.39 is 0 Å². The lowest BCUT2D eigenvalue weighted by atomic mass is 9.83. The fourth-order valence-corrected chi connectivity index (χ4v) is 3.43. The number of aromatic nitrogens is 2. The molecule has 2 fully saturated rings. The number of hydrogen-bond donors (Lipinski definition) is 1. The van der Waals surface area contributed by atoms with Crippen LogP contribution in [0.1, 0.15) is 69.4 Å². The van der Waals surface area contributed by atoms with Crippen LogP contribution in [0.5, 0.6) is 0 Å². The van der Waals surface area contributed by atoms with Crippen LogP contribution >= 0.6 is 0 Å². The van der Waals surface area contributed by atoms with Gasteiger partial charge in [-0.1, -0.05) is 32.1 Å². The zero-order chi connectivity index (χ0) is 12.9. The van der Waals surface area contributed by atoms with Gasteiger partial charge in [-0.3, -0.25) is 0 Å². The van der Waals surface area contributed by atoms with E-state index in [0.29, 0.717) is 0 Å². The van der Waals surface area contributed by atoms with Crippen molar-refractivity contribution < 1.29 is 0 Å². The largest absolute Gasteiger partial charge is 0.333 e. The lowest BCUT2D eigenvalue weighted by molar-refractivity contribution is 0.388. The SMILES string of the molecule is c1ncn(CCNC2CCCCCC2)c1C1CCC1. The first-order valence-electron chi connectivity index (χ1n) is 8.17. The maximum Gasteiger partial charge on any atom is 0.0948 e. The van der Waals surface area contributed by atoms with Crippen molar-refractivity contribution in [2.45, 2.75) is 76.3 Å². The molecule has 0 amide bonds. The molecule has 1 heterocycles. The van der Waals surface area contributed by atoms with Crippen molar-refractivity contribution in [1.82, 2.24) is 14.9 Å². The van der Waals surface area contributed by atoms with Gasteiger partial charge in [0.15, 0.2) is 0 Å². The van der Waals surface area contributed by atoms with E-state index in [4.69, 9.17) is 0 Å². The Morgan fingerprint density at radius 3 is 2.53 bits per heavy atom. The van der Waals surface area contributed by atoms with E-state index in [1.54, 1.807) is 0 Å². The molecular formula is C16H27N3. The second kappa shape index (κ2) is 6.56. The summed E-state index contributed by atoms with van der Waals surface area (Å²) in [6.07, 6.45) is 16.7. The summed E-state index contributed by atoms with van der Waals surface area (Å²) in [6.45, 7) is 2.18. The summed E-state index contributed by atoms with van der Waals surface area (Å²) >= 11 is 0. The molecule has 2 saturated carbocycles. The molecule has 1 N–H and O–H groups in total. The van der Waals surface area contributed by atoms with E-state index >= 15 is 0 Å². The van der Waals surface area contributed by atoms with Crippen LogP contribution in [0, 0.1) is 0 Å². The second-order valence-electron chi connectivity index (χ2n) is 6.28. The van der Waals surface area contributed by atoms with Gasteiger partial charge in [-0.25, -0.2) is 4.98 Å². The van der Waals surface area contributed by atoms with Crippen LogP contribution in [0.15, 0.2) is 12.5 Å². The van der Waals surface area contributed by atoms with Gasteiger partial charge in [0.05, 0.1) is 6.33 Å². The zero-order valence-electron chi connectivity index (χ0n) is 12.0. The molecule has 0 aliphatic heterocycles. The Morgan fingerprint density at radius 2 is 1.84 bits per heavy atom. The van der Waals surface area contributed by atoms with Gasteiger partial charge in [-0.2, -0.15) is 0 Å². The maximum absolute atomic E-state index is 4.34. The van der Waals surface area contributed by atoms with Crippen molar-refractivity contribution in [3.05, 3.63) is 18.2 Å². The number of hydrogen-bond acceptors (Lipinski definition) is 2. The summed E-state index contributed by atoms with van der Waals surface area (Å²) in [5.74, 6) is 0.792. The topological polar surface area (TPSA) is 29.9 Å². The smallest absolute Gasteiger partial charge is 0.0948 e. The van der Waals surface area contributed by atoms with E-state index in [1.807, 2.05) is 6.33 Å². The summed E-state index contributed by atoms with van der Waals surface area (Å²) in [5.41, 5.74) is 1.47. The van der Waals surface area contributed by atoms with E-state index in [1.165, 1.54) is 63.5 Å². The first-order chi connectivity index (χ1) is 9.43. The minimum absolute atomic E-state index is 0.762. The number of imidazole rings is 1. The molecule has 1 aromatic heterocycles. The Morgan fingerprint density at radius 1 is 1.05 bits per heavy atom. The standard InChI is InChI=1S/C16H27N3/c1-2-4-9-15(8-3-1)18-10-11-19-13-17-12-16(19)14-6-5-7-14/h12-15,18H,1-11H2. The van der Waals surface area contributed by atoms with Gasteiger partial charge in [0.25, 0.3) is 0 Å². The van der Waals surface area contributed by atoms with Crippen molar-refractivity contribution in [1.29, 1.82) is 0 Å². The number of rotatable bonds is 5. The highest BCUT2D eigenvalue weighted by Gasteiger charge is 2.22. The van der Waals surface area contributed by atoms with E-state index in [2.05, 4.69) is 21.1 Å². The first-order valence-corrected chi connectivity index (χ1v) is 8.17. The van der Waals surface area contributed by atoms with Gasteiger partial charge in [-0.05, 0) is 25.7 Å². The quantitative estimate of drug-likeness (QED) is 0.823. The predicted octanol–water partition coefficient (Wildman–Crippen LogP) is 3.46. The highest BCUT2D eigenvalue weighted by atomic mass is 15.1. The second-order valence-corrected chi connectivity index (χ2v) is 6.28. The average molecular weight is 261 g/mol. The summed E-state index contributed by atoms with van der Waals surface area (Å²) in [7, 11) is 0. The van der Waals surface area contributed by atoms with Crippen molar-refractivity contribution >= 4 is 0 Å². The first kappa shape index (κ1) is 13.2. The fourth-order valence-electron chi connectivity index (χ4n) is 3.43.